The molecule has 1 aromatic carbocycles. The molecule has 2 nitrogen and oxygen atoms in total. The van der Waals surface area contributed by atoms with E-state index < -0.39 is 13.7 Å². The third-order valence-corrected chi connectivity index (χ3v) is 6.94. The number of aryl methyl sites for hydroxylation is 1. The van der Waals surface area contributed by atoms with Crippen LogP contribution in [0.5, 0.6) is 5.75 Å². The summed E-state index contributed by atoms with van der Waals surface area (Å²) in [6.45, 7) is 10.2. The normalized spacial score (nSPS) is 28.3. The van der Waals surface area contributed by atoms with Crippen molar-refractivity contribution >= 4 is 8.07 Å². The highest BCUT2D eigenvalue weighted by Crippen LogP contribution is 2.60. The second-order valence-electron chi connectivity index (χ2n) is 8.42. The monoisotopic (exact) mass is 318 g/mol. The zero-order valence-corrected chi connectivity index (χ0v) is 15.5. The molecule has 0 saturated carbocycles. The summed E-state index contributed by atoms with van der Waals surface area (Å²) in [6.07, 6.45) is 5.57. The summed E-state index contributed by atoms with van der Waals surface area (Å²) in [5.41, 5.74) is 3.20. The van der Waals surface area contributed by atoms with Crippen LogP contribution in [-0.4, -0.2) is 19.8 Å². The van der Waals surface area contributed by atoms with Crippen molar-refractivity contribution in [3.63, 3.8) is 0 Å². The standard InChI is InChI=1S/C19H30O2Si/c1-14-9-10-16-18-17(14)15(13-22(2,3)4)19(18,20)11-7-5-6-8-12-21-16/h9-10,15,20H,5-8,11-13H2,1-4H3/t15-,19-/m0/s1. The number of aliphatic hydroxyl groups is 1. The smallest absolute Gasteiger partial charge is 0.125 e. The molecule has 2 atom stereocenters. The summed E-state index contributed by atoms with van der Waals surface area (Å²) < 4.78 is 6.03. The highest BCUT2D eigenvalue weighted by molar-refractivity contribution is 6.76. The van der Waals surface area contributed by atoms with Crippen molar-refractivity contribution < 1.29 is 9.84 Å². The minimum atomic E-state index is -1.23. The third-order valence-electron chi connectivity index (χ3n) is 5.31. The van der Waals surface area contributed by atoms with E-state index >= 15 is 0 Å². The largest absolute Gasteiger partial charge is 0.493 e. The van der Waals surface area contributed by atoms with E-state index in [1.54, 1.807) is 0 Å². The fourth-order valence-corrected chi connectivity index (χ4v) is 6.04. The molecule has 0 bridgehead atoms. The van der Waals surface area contributed by atoms with Crippen LogP contribution in [0.4, 0.5) is 0 Å². The van der Waals surface area contributed by atoms with Crippen molar-refractivity contribution in [3.8, 4) is 5.75 Å². The van der Waals surface area contributed by atoms with E-state index in [9.17, 15) is 5.11 Å². The molecule has 0 saturated heterocycles. The molecule has 0 unspecified atom stereocenters. The molecule has 1 N–H and O–H groups in total. The van der Waals surface area contributed by atoms with Crippen LogP contribution in [0.1, 0.15) is 54.7 Å². The maximum Gasteiger partial charge on any atom is 0.125 e. The molecule has 1 aliphatic heterocycles. The average molecular weight is 319 g/mol. The highest BCUT2D eigenvalue weighted by atomic mass is 28.3. The first-order valence-electron chi connectivity index (χ1n) is 8.82. The molecule has 3 rings (SSSR count). The van der Waals surface area contributed by atoms with E-state index in [0.29, 0.717) is 5.92 Å². The van der Waals surface area contributed by atoms with Gasteiger partial charge in [0.05, 0.1) is 6.61 Å². The molecule has 1 aliphatic carbocycles. The molecule has 2 aliphatic rings. The molecule has 0 aromatic heterocycles. The van der Waals surface area contributed by atoms with Gasteiger partial charge in [0.2, 0.25) is 0 Å². The van der Waals surface area contributed by atoms with Crippen LogP contribution < -0.4 is 4.74 Å². The molecular weight excluding hydrogens is 288 g/mol. The summed E-state index contributed by atoms with van der Waals surface area (Å²) in [6, 6.07) is 5.42. The van der Waals surface area contributed by atoms with Crippen LogP contribution in [0.2, 0.25) is 25.7 Å². The maximum absolute atomic E-state index is 11.5. The van der Waals surface area contributed by atoms with Gasteiger partial charge in [-0.05, 0) is 43.0 Å². The van der Waals surface area contributed by atoms with Crippen LogP contribution in [0, 0.1) is 6.92 Å². The van der Waals surface area contributed by atoms with Gasteiger partial charge in [-0.2, -0.15) is 0 Å². The van der Waals surface area contributed by atoms with Crippen molar-refractivity contribution in [2.45, 2.75) is 76.2 Å². The molecular formula is C19H30O2Si. The molecule has 122 valence electrons. The van der Waals surface area contributed by atoms with E-state index in [1.165, 1.54) is 30.0 Å². The van der Waals surface area contributed by atoms with Gasteiger partial charge in [-0.1, -0.05) is 45.0 Å². The lowest BCUT2D eigenvalue weighted by Crippen LogP contribution is -2.47. The Morgan fingerprint density at radius 2 is 1.91 bits per heavy atom. The Morgan fingerprint density at radius 1 is 1.18 bits per heavy atom. The maximum atomic E-state index is 11.5. The Bertz CT molecular complexity index is 561. The molecule has 1 aromatic rings. The van der Waals surface area contributed by atoms with Gasteiger partial charge < -0.3 is 9.84 Å². The van der Waals surface area contributed by atoms with Gasteiger partial charge in [0.1, 0.15) is 11.4 Å². The Labute approximate surface area is 135 Å². The van der Waals surface area contributed by atoms with Gasteiger partial charge in [0, 0.05) is 19.6 Å². The summed E-state index contributed by atoms with van der Waals surface area (Å²) in [5, 5.41) is 11.5. The van der Waals surface area contributed by atoms with E-state index in [1.807, 2.05) is 0 Å². The molecule has 0 spiro atoms. The van der Waals surface area contributed by atoms with Gasteiger partial charge in [-0.25, -0.2) is 0 Å². The molecule has 0 fully saturated rings. The molecule has 3 heteroatoms. The number of hydrogen-bond acceptors (Lipinski definition) is 2. The van der Waals surface area contributed by atoms with Gasteiger partial charge in [0.25, 0.3) is 0 Å². The topological polar surface area (TPSA) is 29.5 Å². The van der Waals surface area contributed by atoms with E-state index in [-0.39, 0.29) is 0 Å². The second-order valence-corrected chi connectivity index (χ2v) is 14.0. The van der Waals surface area contributed by atoms with Gasteiger partial charge in [-0.15, -0.1) is 0 Å². The fourth-order valence-electron chi connectivity index (χ4n) is 4.27. The fraction of sp³-hybridized carbons (Fsp3) is 0.684. The number of hydrogen-bond donors (Lipinski definition) is 1. The van der Waals surface area contributed by atoms with Crippen LogP contribution in [0.15, 0.2) is 12.1 Å². The number of benzene rings is 1. The minimum Gasteiger partial charge on any atom is -0.493 e. The van der Waals surface area contributed by atoms with Crippen molar-refractivity contribution in [2.75, 3.05) is 6.61 Å². The first-order valence-corrected chi connectivity index (χ1v) is 12.5. The Kier molecular flexibility index (Phi) is 4.15. The van der Waals surface area contributed by atoms with Crippen LogP contribution in [0.25, 0.3) is 0 Å². The lowest BCUT2D eigenvalue weighted by Gasteiger charge is -2.51. The van der Waals surface area contributed by atoms with E-state index in [2.05, 4.69) is 38.7 Å². The lowest BCUT2D eigenvalue weighted by molar-refractivity contribution is -0.0296. The molecule has 22 heavy (non-hydrogen) atoms. The van der Waals surface area contributed by atoms with Crippen molar-refractivity contribution in [2.24, 2.45) is 0 Å². The predicted octanol–water partition coefficient (Wildman–Crippen LogP) is 4.96. The van der Waals surface area contributed by atoms with Crippen LogP contribution >= 0.6 is 0 Å². The number of rotatable bonds is 2. The van der Waals surface area contributed by atoms with Gasteiger partial charge in [-0.3, -0.25) is 0 Å². The average Bonchev–Trinajstić information content (AvgIpc) is 2.43. The van der Waals surface area contributed by atoms with Crippen molar-refractivity contribution in [1.82, 2.24) is 0 Å². The van der Waals surface area contributed by atoms with Crippen LogP contribution in [-0.2, 0) is 5.60 Å². The SMILES string of the molecule is Cc1ccc2c3c1[C@H](C[Si](C)(C)C)[C@@]3(O)CCCCCCO2. The zero-order valence-electron chi connectivity index (χ0n) is 14.5. The minimum absolute atomic E-state index is 0.317. The lowest BCUT2D eigenvalue weighted by atomic mass is 9.61. The molecule has 1 heterocycles. The zero-order chi connectivity index (χ0) is 16.0. The quantitative estimate of drug-likeness (QED) is 0.781. The molecule has 0 amide bonds. The van der Waals surface area contributed by atoms with Crippen molar-refractivity contribution in [1.29, 1.82) is 0 Å². The first kappa shape index (κ1) is 16.1. The molecule has 0 radical (unpaired) electrons. The Balaban J connectivity index is 2.05. The Morgan fingerprint density at radius 3 is 2.64 bits per heavy atom. The van der Waals surface area contributed by atoms with Crippen LogP contribution in [0.3, 0.4) is 0 Å². The van der Waals surface area contributed by atoms with Gasteiger partial charge >= 0.3 is 0 Å². The third kappa shape index (κ3) is 2.74. The predicted molar refractivity (Wildman–Crippen MR) is 94.5 cm³/mol. The van der Waals surface area contributed by atoms with E-state index in [4.69, 9.17) is 4.74 Å². The summed E-state index contributed by atoms with van der Waals surface area (Å²) in [4.78, 5) is 0. The highest BCUT2D eigenvalue weighted by Gasteiger charge is 2.53. The van der Waals surface area contributed by atoms with Crippen molar-refractivity contribution in [3.05, 3.63) is 28.8 Å². The Hall–Kier alpha value is -0.803. The number of ether oxygens (including phenoxy) is 1. The summed E-state index contributed by atoms with van der Waals surface area (Å²) in [7, 11) is -1.23. The van der Waals surface area contributed by atoms with E-state index in [0.717, 1.165) is 37.2 Å². The first-order chi connectivity index (χ1) is 10.3. The summed E-state index contributed by atoms with van der Waals surface area (Å²) in [5.74, 6) is 1.26. The van der Waals surface area contributed by atoms with Gasteiger partial charge in [0.15, 0.2) is 0 Å². The second kappa shape index (κ2) is 5.68. The summed E-state index contributed by atoms with van der Waals surface area (Å²) >= 11 is 0.